The largest absolute Gasteiger partial charge is 0.477 e. The van der Waals surface area contributed by atoms with Gasteiger partial charge in [0, 0.05) is 35.3 Å². The van der Waals surface area contributed by atoms with Crippen LogP contribution in [0.4, 0.5) is 0 Å². The van der Waals surface area contributed by atoms with Crippen molar-refractivity contribution in [3.8, 4) is 0 Å². The molecule has 0 aliphatic carbocycles. The maximum atomic E-state index is 11.8. The molecule has 1 fully saturated rings. The van der Waals surface area contributed by atoms with Crippen LogP contribution in [0, 0.1) is 6.92 Å². The van der Waals surface area contributed by atoms with E-state index in [4.69, 9.17) is 4.74 Å². The molecule has 124 valence electrons. The Balaban J connectivity index is 2.15. The Hall–Kier alpha value is -1.37. The van der Waals surface area contributed by atoms with Gasteiger partial charge in [0.1, 0.15) is 5.69 Å². The lowest BCUT2D eigenvalue weighted by molar-refractivity contribution is 0.0151. The Bertz CT molecular complexity index is 735. The van der Waals surface area contributed by atoms with Crippen LogP contribution in [0.1, 0.15) is 41.0 Å². The number of rotatable bonds is 4. The van der Waals surface area contributed by atoms with E-state index >= 15 is 0 Å². The smallest absolute Gasteiger partial charge is 0.353 e. The first-order valence-corrected chi connectivity index (χ1v) is 8.68. The fourth-order valence-electron chi connectivity index (χ4n) is 3.51. The minimum Gasteiger partial charge on any atom is -0.477 e. The Morgan fingerprint density at radius 3 is 2.70 bits per heavy atom. The van der Waals surface area contributed by atoms with E-state index in [9.17, 15) is 9.90 Å². The molecule has 1 atom stereocenters. The van der Waals surface area contributed by atoms with Crippen LogP contribution in [0.15, 0.2) is 22.8 Å². The van der Waals surface area contributed by atoms with Gasteiger partial charge in [-0.2, -0.15) is 0 Å². The molecule has 0 amide bonds. The zero-order chi connectivity index (χ0) is 16.6. The normalized spacial score (nSPS) is 17.5. The summed E-state index contributed by atoms with van der Waals surface area (Å²) >= 11 is 3.45. The maximum absolute atomic E-state index is 11.8. The van der Waals surface area contributed by atoms with Gasteiger partial charge in [0.05, 0.1) is 13.2 Å². The van der Waals surface area contributed by atoms with E-state index in [1.165, 1.54) is 0 Å². The number of carboxylic acids is 1. The monoisotopic (exact) mass is 380 g/mol. The predicted molar refractivity (Wildman–Crippen MR) is 92.2 cm³/mol. The van der Waals surface area contributed by atoms with Gasteiger partial charge in [-0.05, 0) is 52.5 Å². The number of nitrogens with zero attached hydrogens (tertiary/aromatic N) is 2. The van der Waals surface area contributed by atoms with Crippen molar-refractivity contribution in [2.24, 2.45) is 0 Å². The highest BCUT2D eigenvalue weighted by atomic mass is 79.9. The summed E-state index contributed by atoms with van der Waals surface area (Å²) in [6, 6.07) is 4.30. The first-order chi connectivity index (χ1) is 11.0. The van der Waals surface area contributed by atoms with Gasteiger partial charge in [-0.3, -0.25) is 4.90 Å². The lowest BCUT2D eigenvalue weighted by atomic mass is 9.96. The van der Waals surface area contributed by atoms with Gasteiger partial charge in [-0.1, -0.05) is 6.92 Å². The molecule has 0 bridgehead atoms. The SMILES string of the molecule is CCC(c1cc2cc(Br)cn2c(C(=O)O)c1C)N1CCOCC1. The van der Waals surface area contributed by atoms with Crippen molar-refractivity contribution < 1.29 is 14.6 Å². The topological polar surface area (TPSA) is 54.2 Å². The van der Waals surface area contributed by atoms with Crippen LogP contribution in [0.5, 0.6) is 0 Å². The number of pyridine rings is 1. The average molecular weight is 381 g/mol. The summed E-state index contributed by atoms with van der Waals surface area (Å²) in [7, 11) is 0. The summed E-state index contributed by atoms with van der Waals surface area (Å²) in [6.45, 7) is 7.31. The van der Waals surface area contributed by atoms with Crippen molar-refractivity contribution in [1.29, 1.82) is 0 Å². The molecule has 1 saturated heterocycles. The summed E-state index contributed by atoms with van der Waals surface area (Å²) in [4.78, 5) is 14.2. The number of halogens is 1. The molecule has 1 N–H and O–H groups in total. The number of hydrogen-bond acceptors (Lipinski definition) is 3. The van der Waals surface area contributed by atoms with Crippen molar-refractivity contribution in [1.82, 2.24) is 9.30 Å². The fourth-order valence-corrected chi connectivity index (χ4v) is 3.95. The molecule has 2 aromatic rings. The van der Waals surface area contributed by atoms with Crippen LogP contribution >= 0.6 is 15.9 Å². The van der Waals surface area contributed by atoms with Crippen molar-refractivity contribution in [2.75, 3.05) is 26.3 Å². The quantitative estimate of drug-likeness (QED) is 0.881. The Labute approximate surface area is 144 Å². The Morgan fingerprint density at radius 2 is 2.09 bits per heavy atom. The molecule has 1 aliphatic heterocycles. The third-order valence-corrected chi connectivity index (χ3v) is 5.02. The molecule has 1 unspecified atom stereocenters. The number of fused-ring (bicyclic) bond motifs is 1. The zero-order valence-electron chi connectivity index (χ0n) is 13.4. The molecular weight excluding hydrogens is 360 g/mol. The van der Waals surface area contributed by atoms with E-state index in [1.54, 1.807) is 4.40 Å². The van der Waals surface area contributed by atoms with Crippen LogP contribution in [0.25, 0.3) is 5.52 Å². The number of carbonyl (C=O) groups is 1. The summed E-state index contributed by atoms with van der Waals surface area (Å²) in [5.74, 6) is -0.894. The number of aromatic nitrogens is 1. The number of aromatic carboxylic acids is 1. The lowest BCUT2D eigenvalue weighted by Gasteiger charge is -2.35. The van der Waals surface area contributed by atoms with Gasteiger partial charge in [-0.25, -0.2) is 4.79 Å². The van der Waals surface area contributed by atoms with Crippen molar-refractivity contribution >= 4 is 27.4 Å². The van der Waals surface area contributed by atoms with E-state index in [1.807, 2.05) is 19.2 Å². The minimum absolute atomic E-state index is 0.218. The molecule has 3 heterocycles. The molecule has 5 nitrogen and oxygen atoms in total. The van der Waals surface area contributed by atoms with Gasteiger partial charge in [0.2, 0.25) is 0 Å². The second-order valence-electron chi connectivity index (χ2n) is 5.90. The van der Waals surface area contributed by atoms with Gasteiger partial charge in [0.15, 0.2) is 0 Å². The molecule has 23 heavy (non-hydrogen) atoms. The summed E-state index contributed by atoms with van der Waals surface area (Å²) in [5, 5.41) is 9.69. The first kappa shape index (κ1) is 16.5. The molecule has 0 aromatic carbocycles. The average Bonchev–Trinajstić information content (AvgIpc) is 2.88. The molecule has 0 spiro atoms. The number of hydrogen-bond donors (Lipinski definition) is 1. The molecular formula is C17H21BrN2O3. The predicted octanol–water partition coefficient (Wildman–Crippen LogP) is 3.49. The highest BCUT2D eigenvalue weighted by Gasteiger charge is 2.26. The summed E-state index contributed by atoms with van der Waals surface area (Å²) in [5.41, 5.74) is 3.19. The van der Waals surface area contributed by atoms with Crippen LogP contribution < -0.4 is 0 Å². The Kier molecular flexibility index (Phi) is 4.75. The summed E-state index contributed by atoms with van der Waals surface area (Å²) in [6.07, 6.45) is 2.75. The highest BCUT2D eigenvalue weighted by Crippen LogP contribution is 2.32. The van der Waals surface area contributed by atoms with E-state index in [-0.39, 0.29) is 6.04 Å². The van der Waals surface area contributed by atoms with Crippen LogP contribution in [-0.2, 0) is 4.74 Å². The van der Waals surface area contributed by atoms with Crippen molar-refractivity contribution in [3.05, 3.63) is 39.6 Å². The van der Waals surface area contributed by atoms with Gasteiger partial charge in [0.25, 0.3) is 0 Å². The highest BCUT2D eigenvalue weighted by molar-refractivity contribution is 9.10. The van der Waals surface area contributed by atoms with E-state index in [0.29, 0.717) is 5.69 Å². The summed E-state index contributed by atoms with van der Waals surface area (Å²) < 4.78 is 8.08. The lowest BCUT2D eigenvalue weighted by Crippen LogP contribution is -2.39. The van der Waals surface area contributed by atoms with Gasteiger partial charge >= 0.3 is 5.97 Å². The first-order valence-electron chi connectivity index (χ1n) is 7.89. The molecule has 1 aliphatic rings. The van der Waals surface area contributed by atoms with Gasteiger partial charge < -0.3 is 14.2 Å². The number of morpholine rings is 1. The third-order valence-electron chi connectivity index (χ3n) is 4.58. The molecule has 2 aromatic heterocycles. The van der Waals surface area contributed by atoms with Crippen LogP contribution in [-0.4, -0.2) is 46.7 Å². The number of carboxylic acid groups (broad SMARTS) is 1. The van der Waals surface area contributed by atoms with Crippen LogP contribution in [0.3, 0.4) is 0 Å². The number of ether oxygens (including phenoxy) is 1. The third kappa shape index (κ3) is 3.03. The van der Waals surface area contributed by atoms with Crippen molar-refractivity contribution in [3.63, 3.8) is 0 Å². The Morgan fingerprint density at radius 1 is 1.39 bits per heavy atom. The van der Waals surface area contributed by atoms with Crippen molar-refractivity contribution in [2.45, 2.75) is 26.3 Å². The molecule has 0 radical (unpaired) electrons. The standard InChI is InChI=1S/C17H21BrN2O3/c1-3-15(19-4-6-23-7-5-19)14-9-13-8-12(18)10-20(13)16(11(14)2)17(21)22/h8-10,15H,3-7H2,1-2H3,(H,21,22). The zero-order valence-corrected chi connectivity index (χ0v) is 15.0. The van der Waals surface area contributed by atoms with Gasteiger partial charge in [-0.15, -0.1) is 0 Å². The van der Waals surface area contributed by atoms with E-state index < -0.39 is 5.97 Å². The van der Waals surface area contributed by atoms with E-state index in [0.717, 1.165) is 53.8 Å². The van der Waals surface area contributed by atoms with Crippen LogP contribution in [0.2, 0.25) is 0 Å². The van der Waals surface area contributed by atoms with E-state index in [2.05, 4.69) is 33.8 Å². The second-order valence-corrected chi connectivity index (χ2v) is 6.82. The molecule has 0 saturated carbocycles. The molecule has 3 rings (SSSR count). The second kappa shape index (κ2) is 6.63. The maximum Gasteiger partial charge on any atom is 0.353 e. The fraction of sp³-hybridized carbons (Fsp3) is 0.471. The molecule has 6 heteroatoms. The minimum atomic E-state index is -0.894.